The highest BCUT2D eigenvalue weighted by atomic mass is 35.5. The van der Waals surface area contributed by atoms with Crippen LogP contribution in [-0.2, 0) is 0 Å². The third-order valence-electron chi connectivity index (χ3n) is 3.09. The first-order chi connectivity index (χ1) is 7.10. The molecule has 0 saturated carbocycles. The Morgan fingerprint density at radius 2 is 2.07 bits per heavy atom. The van der Waals surface area contributed by atoms with Crippen molar-refractivity contribution in [2.75, 3.05) is 7.05 Å². The summed E-state index contributed by atoms with van der Waals surface area (Å²) in [6, 6.07) is 6.55. The molecule has 0 aliphatic rings. The van der Waals surface area contributed by atoms with Crippen LogP contribution in [0.15, 0.2) is 18.2 Å². The summed E-state index contributed by atoms with van der Waals surface area (Å²) in [5.41, 5.74) is 2.62. The Hall–Kier alpha value is -0.530. The van der Waals surface area contributed by atoms with Crippen LogP contribution < -0.4 is 5.32 Å². The molecule has 0 amide bonds. The molecular weight excluding hydrogens is 206 g/mol. The van der Waals surface area contributed by atoms with Gasteiger partial charge in [-0.1, -0.05) is 37.9 Å². The Labute approximate surface area is 97.8 Å². The van der Waals surface area contributed by atoms with Gasteiger partial charge in [0, 0.05) is 11.1 Å². The summed E-state index contributed by atoms with van der Waals surface area (Å²) in [7, 11) is 2.02. The molecule has 1 rings (SSSR count). The van der Waals surface area contributed by atoms with Crippen molar-refractivity contribution >= 4 is 11.6 Å². The molecule has 1 nitrogen and oxygen atoms in total. The van der Waals surface area contributed by atoms with Crippen LogP contribution in [0.25, 0.3) is 0 Å². The fourth-order valence-corrected chi connectivity index (χ4v) is 2.20. The fraction of sp³-hybridized carbons (Fsp3) is 0.538. The van der Waals surface area contributed by atoms with E-state index in [-0.39, 0.29) is 0 Å². The molecule has 0 heterocycles. The number of halogens is 1. The molecule has 0 bridgehead atoms. The second-order valence-electron chi connectivity index (χ2n) is 4.15. The van der Waals surface area contributed by atoms with Crippen LogP contribution in [0.4, 0.5) is 0 Å². The van der Waals surface area contributed by atoms with E-state index in [1.807, 2.05) is 19.2 Å². The molecule has 0 spiro atoms. The van der Waals surface area contributed by atoms with Gasteiger partial charge in [-0.2, -0.15) is 0 Å². The zero-order chi connectivity index (χ0) is 11.4. The molecule has 0 saturated heterocycles. The molecule has 1 aromatic rings. The first kappa shape index (κ1) is 12.5. The third-order valence-corrected chi connectivity index (χ3v) is 3.33. The Morgan fingerprint density at radius 1 is 1.40 bits per heavy atom. The van der Waals surface area contributed by atoms with E-state index >= 15 is 0 Å². The average Bonchev–Trinajstić information content (AvgIpc) is 2.21. The number of nitrogens with one attached hydrogen (secondary N) is 1. The maximum atomic E-state index is 5.96. The van der Waals surface area contributed by atoms with E-state index in [0.29, 0.717) is 12.0 Å². The predicted octanol–water partition coefficient (Wildman–Crippen LogP) is 3.96. The summed E-state index contributed by atoms with van der Waals surface area (Å²) in [6.45, 7) is 6.61. The largest absolute Gasteiger partial charge is 0.313 e. The molecule has 0 aliphatic heterocycles. The van der Waals surface area contributed by atoms with Gasteiger partial charge in [-0.05, 0) is 43.1 Å². The lowest BCUT2D eigenvalue weighted by Gasteiger charge is -2.24. The highest BCUT2D eigenvalue weighted by Gasteiger charge is 2.17. The van der Waals surface area contributed by atoms with Crippen molar-refractivity contribution in [2.45, 2.75) is 33.2 Å². The predicted molar refractivity (Wildman–Crippen MR) is 67.4 cm³/mol. The lowest BCUT2D eigenvalue weighted by molar-refractivity contribution is 0.399. The zero-order valence-electron chi connectivity index (χ0n) is 9.97. The van der Waals surface area contributed by atoms with Crippen molar-refractivity contribution in [2.24, 2.45) is 5.92 Å². The third kappa shape index (κ3) is 2.96. The van der Waals surface area contributed by atoms with Crippen molar-refractivity contribution in [1.82, 2.24) is 5.32 Å². The highest BCUT2D eigenvalue weighted by Crippen LogP contribution is 2.28. The van der Waals surface area contributed by atoms with Crippen LogP contribution in [0.2, 0.25) is 5.02 Å². The highest BCUT2D eigenvalue weighted by molar-refractivity contribution is 6.30. The van der Waals surface area contributed by atoms with E-state index in [0.717, 1.165) is 5.02 Å². The van der Waals surface area contributed by atoms with Crippen molar-refractivity contribution in [1.29, 1.82) is 0 Å². The molecule has 84 valence electrons. The molecule has 1 N–H and O–H groups in total. The number of rotatable bonds is 4. The van der Waals surface area contributed by atoms with Crippen molar-refractivity contribution < 1.29 is 0 Å². The van der Waals surface area contributed by atoms with Crippen molar-refractivity contribution in [3.05, 3.63) is 34.3 Å². The maximum Gasteiger partial charge on any atom is 0.0408 e. The van der Waals surface area contributed by atoms with Crippen LogP contribution in [0.5, 0.6) is 0 Å². The van der Waals surface area contributed by atoms with Crippen molar-refractivity contribution in [3.8, 4) is 0 Å². The Bertz CT molecular complexity index is 322. The minimum atomic E-state index is 0.423. The lowest BCUT2D eigenvalue weighted by Crippen LogP contribution is -2.23. The monoisotopic (exact) mass is 225 g/mol. The Kier molecular flexibility index (Phi) is 4.62. The summed E-state index contributed by atoms with van der Waals surface area (Å²) < 4.78 is 0. The van der Waals surface area contributed by atoms with Crippen LogP contribution in [0.1, 0.15) is 37.4 Å². The maximum absolute atomic E-state index is 5.96. The number of benzene rings is 1. The number of hydrogen-bond acceptors (Lipinski definition) is 1. The first-order valence-electron chi connectivity index (χ1n) is 5.53. The van der Waals surface area contributed by atoms with Gasteiger partial charge in [0.05, 0.1) is 0 Å². The van der Waals surface area contributed by atoms with E-state index in [1.165, 1.54) is 17.5 Å². The molecule has 0 aromatic heterocycles. The quantitative estimate of drug-likeness (QED) is 0.818. The minimum absolute atomic E-state index is 0.423. The van der Waals surface area contributed by atoms with Gasteiger partial charge >= 0.3 is 0 Å². The second-order valence-corrected chi connectivity index (χ2v) is 4.59. The van der Waals surface area contributed by atoms with Crippen molar-refractivity contribution in [3.63, 3.8) is 0 Å². The molecule has 0 fully saturated rings. The van der Waals surface area contributed by atoms with Gasteiger partial charge in [0.25, 0.3) is 0 Å². The van der Waals surface area contributed by atoms with Crippen LogP contribution in [0.3, 0.4) is 0 Å². The first-order valence-corrected chi connectivity index (χ1v) is 5.91. The number of aryl methyl sites for hydroxylation is 1. The second kappa shape index (κ2) is 5.53. The van der Waals surface area contributed by atoms with Crippen LogP contribution >= 0.6 is 11.6 Å². The molecule has 0 radical (unpaired) electrons. The molecule has 15 heavy (non-hydrogen) atoms. The summed E-state index contributed by atoms with van der Waals surface area (Å²) >= 11 is 5.96. The molecule has 1 aromatic carbocycles. The van der Waals surface area contributed by atoms with Gasteiger partial charge in [-0.15, -0.1) is 0 Å². The summed E-state index contributed by atoms with van der Waals surface area (Å²) in [4.78, 5) is 0. The van der Waals surface area contributed by atoms with Crippen LogP contribution in [-0.4, -0.2) is 7.05 Å². The summed E-state index contributed by atoms with van der Waals surface area (Å²) in [5.74, 6) is 0.634. The molecule has 2 heteroatoms. The van der Waals surface area contributed by atoms with Gasteiger partial charge < -0.3 is 5.32 Å². The lowest BCUT2D eigenvalue weighted by atomic mass is 9.90. The standard InChI is InChI=1S/C13H20ClN/c1-5-9(2)13(15-4)12-7-6-11(14)8-10(12)3/h6-9,13,15H,5H2,1-4H3. The Balaban J connectivity index is 3.01. The van der Waals surface area contributed by atoms with Crippen LogP contribution in [0, 0.1) is 12.8 Å². The summed E-state index contributed by atoms with van der Waals surface area (Å²) in [5, 5.41) is 4.20. The molecule has 0 aliphatic carbocycles. The topological polar surface area (TPSA) is 12.0 Å². The van der Waals surface area contributed by atoms with Gasteiger partial charge in [0.1, 0.15) is 0 Å². The normalized spacial score (nSPS) is 15.0. The summed E-state index contributed by atoms with van der Waals surface area (Å²) in [6.07, 6.45) is 1.17. The van der Waals surface area contributed by atoms with E-state index in [1.54, 1.807) is 0 Å². The minimum Gasteiger partial charge on any atom is -0.313 e. The average molecular weight is 226 g/mol. The van der Waals surface area contributed by atoms with E-state index < -0.39 is 0 Å². The molecule has 2 atom stereocenters. The SMILES string of the molecule is CCC(C)C(NC)c1ccc(Cl)cc1C. The van der Waals surface area contributed by atoms with Gasteiger partial charge in [0.15, 0.2) is 0 Å². The van der Waals surface area contributed by atoms with Gasteiger partial charge in [-0.3, -0.25) is 0 Å². The smallest absolute Gasteiger partial charge is 0.0408 e. The van der Waals surface area contributed by atoms with Gasteiger partial charge in [-0.25, -0.2) is 0 Å². The fourth-order valence-electron chi connectivity index (χ4n) is 1.97. The Morgan fingerprint density at radius 3 is 2.53 bits per heavy atom. The number of hydrogen-bond donors (Lipinski definition) is 1. The molecule has 2 unspecified atom stereocenters. The van der Waals surface area contributed by atoms with E-state index in [4.69, 9.17) is 11.6 Å². The zero-order valence-corrected chi connectivity index (χ0v) is 10.7. The van der Waals surface area contributed by atoms with E-state index in [2.05, 4.69) is 32.2 Å². The molecular formula is C13H20ClN. The van der Waals surface area contributed by atoms with Gasteiger partial charge in [0.2, 0.25) is 0 Å². The van der Waals surface area contributed by atoms with E-state index in [9.17, 15) is 0 Å².